The number of carbonyl (C=O) groups excluding carboxylic acids is 1. The first kappa shape index (κ1) is 16.7. The summed E-state index contributed by atoms with van der Waals surface area (Å²) in [5.74, 6) is 0.527. The fourth-order valence-electron chi connectivity index (χ4n) is 2.22. The Morgan fingerprint density at radius 1 is 1.20 bits per heavy atom. The van der Waals surface area contributed by atoms with Crippen molar-refractivity contribution < 1.29 is 4.79 Å². The highest BCUT2D eigenvalue weighted by atomic mass is 32.2. The second kappa shape index (κ2) is 8.13. The van der Waals surface area contributed by atoms with Gasteiger partial charge in [-0.3, -0.25) is 9.89 Å². The van der Waals surface area contributed by atoms with Gasteiger partial charge in [0.1, 0.15) is 6.33 Å². The minimum atomic E-state index is -0.167. The molecule has 1 amide bonds. The van der Waals surface area contributed by atoms with Crippen molar-refractivity contribution in [2.24, 2.45) is 0 Å². The number of rotatable bonds is 6. The van der Waals surface area contributed by atoms with Gasteiger partial charge < -0.3 is 5.32 Å². The lowest BCUT2D eigenvalue weighted by Gasteiger charge is -2.07. The molecule has 1 heterocycles. The van der Waals surface area contributed by atoms with Crippen LogP contribution in [0.25, 0.3) is 0 Å². The van der Waals surface area contributed by atoms with E-state index in [0.29, 0.717) is 23.4 Å². The number of nitriles is 1. The molecule has 124 valence electrons. The van der Waals surface area contributed by atoms with Crippen molar-refractivity contribution in [1.29, 1.82) is 5.26 Å². The first-order valence-corrected chi connectivity index (χ1v) is 8.57. The number of amides is 1. The topological polar surface area (TPSA) is 94.5 Å². The first-order valence-electron chi connectivity index (χ1n) is 7.59. The number of hydrogen-bond acceptors (Lipinski definition) is 5. The molecular weight excluding hydrogens is 334 g/mol. The summed E-state index contributed by atoms with van der Waals surface area (Å²) >= 11 is 1.52. The molecule has 0 saturated heterocycles. The first-order chi connectivity index (χ1) is 12.2. The van der Waals surface area contributed by atoms with Crippen LogP contribution in [-0.2, 0) is 12.2 Å². The summed E-state index contributed by atoms with van der Waals surface area (Å²) in [6, 6.07) is 16.8. The number of carbonyl (C=O) groups is 1. The SMILES string of the molecule is N#CCc1ccc(NC(=O)c2cccc(CSc3ncn[nH]3)c2)cc1. The van der Waals surface area contributed by atoms with Gasteiger partial charge in [-0.05, 0) is 35.4 Å². The molecule has 0 atom stereocenters. The Balaban J connectivity index is 1.63. The fourth-order valence-corrected chi connectivity index (χ4v) is 2.94. The molecule has 2 N–H and O–H groups in total. The highest BCUT2D eigenvalue weighted by Crippen LogP contribution is 2.19. The average molecular weight is 349 g/mol. The third-order valence-corrected chi connectivity index (χ3v) is 4.40. The van der Waals surface area contributed by atoms with Crippen molar-refractivity contribution in [2.45, 2.75) is 17.3 Å². The zero-order chi connectivity index (χ0) is 17.5. The third kappa shape index (κ3) is 4.68. The molecule has 0 aliphatic heterocycles. The van der Waals surface area contributed by atoms with E-state index in [1.165, 1.54) is 18.1 Å². The molecule has 1 aromatic heterocycles. The highest BCUT2D eigenvalue weighted by molar-refractivity contribution is 7.98. The average Bonchev–Trinajstić information content (AvgIpc) is 3.16. The van der Waals surface area contributed by atoms with Crippen LogP contribution in [0.2, 0.25) is 0 Å². The van der Waals surface area contributed by atoms with E-state index < -0.39 is 0 Å². The Hall–Kier alpha value is -3.11. The number of H-pyrrole nitrogens is 1. The van der Waals surface area contributed by atoms with Crippen LogP contribution in [-0.4, -0.2) is 21.1 Å². The van der Waals surface area contributed by atoms with Crippen LogP contribution in [0.1, 0.15) is 21.5 Å². The molecule has 0 aliphatic rings. The highest BCUT2D eigenvalue weighted by Gasteiger charge is 2.08. The molecule has 0 fully saturated rings. The lowest BCUT2D eigenvalue weighted by molar-refractivity contribution is 0.102. The van der Waals surface area contributed by atoms with Gasteiger partial charge >= 0.3 is 0 Å². The van der Waals surface area contributed by atoms with Crippen LogP contribution >= 0.6 is 11.8 Å². The Morgan fingerprint density at radius 3 is 2.76 bits per heavy atom. The maximum atomic E-state index is 12.4. The number of benzene rings is 2. The summed E-state index contributed by atoms with van der Waals surface area (Å²) in [5.41, 5.74) is 3.25. The standard InChI is InChI=1S/C18H15N5OS/c19-9-8-13-4-6-16(7-5-13)22-17(24)15-3-1-2-14(10-15)11-25-18-20-12-21-23-18/h1-7,10,12H,8,11H2,(H,22,24)(H,20,21,23). The molecule has 3 aromatic rings. The Morgan fingerprint density at radius 2 is 2.04 bits per heavy atom. The molecule has 0 saturated carbocycles. The van der Waals surface area contributed by atoms with Crippen molar-refractivity contribution in [1.82, 2.24) is 15.2 Å². The molecule has 0 spiro atoms. The zero-order valence-electron chi connectivity index (χ0n) is 13.3. The number of aromatic nitrogens is 3. The molecule has 25 heavy (non-hydrogen) atoms. The van der Waals surface area contributed by atoms with E-state index in [-0.39, 0.29) is 5.91 Å². The maximum absolute atomic E-state index is 12.4. The molecule has 0 unspecified atom stereocenters. The predicted octanol–water partition coefficient (Wildman–Crippen LogP) is 3.42. The van der Waals surface area contributed by atoms with Crippen molar-refractivity contribution in [3.63, 3.8) is 0 Å². The Labute approximate surface area is 149 Å². The summed E-state index contributed by atoms with van der Waals surface area (Å²) in [5, 5.41) is 18.9. The van der Waals surface area contributed by atoms with E-state index >= 15 is 0 Å². The Kier molecular flexibility index (Phi) is 5.44. The van der Waals surface area contributed by atoms with E-state index in [4.69, 9.17) is 5.26 Å². The monoisotopic (exact) mass is 349 g/mol. The van der Waals surface area contributed by atoms with Crippen LogP contribution in [0.3, 0.4) is 0 Å². The number of anilines is 1. The van der Waals surface area contributed by atoms with Crippen LogP contribution in [0, 0.1) is 11.3 Å². The third-order valence-electron chi connectivity index (χ3n) is 3.45. The molecule has 0 bridgehead atoms. The van der Waals surface area contributed by atoms with E-state index in [2.05, 4.69) is 26.6 Å². The minimum Gasteiger partial charge on any atom is -0.322 e. The fraction of sp³-hybridized carbons (Fsp3) is 0.111. The van der Waals surface area contributed by atoms with Crippen molar-refractivity contribution >= 4 is 23.4 Å². The van der Waals surface area contributed by atoms with E-state index in [1.807, 2.05) is 30.3 Å². The van der Waals surface area contributed by atoms with Crippen molar-refractivity contribution in [3.8, 4) is 6.07 Å². The van der Waals surface area contributed by atoms with Crippen LogP contribution < -0.4 is 5.32 Å². The molecule has 0 aliphatic carbocycles. The molecule has 2 aromatic carbocycles. The van der Waals surface area contributed by atoms with Crippen LogP contribution in [0.5, 0.6) is 0 Å². The smallest absolute Gasteiger partial charge is 0.255 e. The summed E-state index contributed by atoms with van der Waals surface area (Å²) in [6.45, 7) is 0. The summed E-state index contributed by atoms with van der Waals surface area (Å²) in [6.07, 6.45) is 1.83. The van der Waals surface area contributed by atoms with Crippen molar-refractivity contribution in [2.75, 3.05) is 5.32 Å². The second-order valence-corrected chi connectivity index (χ2v) is 6.23. The van der Waals surface area contributed by atoms with Gasteiger partial charge in [0.05, 0.1) is 12.5 Å². The van der Waals surface area contributed by atoms with Crippen molar-refractivity contribution in [3.05, 3.63) is 71.5 Å². The zero-order valence-corrected chi connectivity index (χ0v) is 14.1. The number of hydrogen-bond donors (Lipinski definition) is 2. The molecular formula is C18H15N5OS. The van der Waals surface area contributed by atoms with Crippen LogP contribution in [0.15, 0.2) is 60.0 Å². The number of aromatic amines is 1. The number of nitrogens with zero attached hydrogens (tertiary/aromatic N) is 3. The largest absolute Gasteiger partial charge is 0.322 e. The van der Waals surface area contributed by atoms with Gasteiger partial charge in [-0.1, -0.05) is 36.0 Å². The normalized spacial score (nSPS) is 10.2. The number of thioether (sulfide) groups is 1. The Bertz CT molecular complexity index is 885. The van der Waals surface area contributed by atoms with E-state index in [1.54, 1.807) is 18.2 Å². The van der Waals surface area contributed by atoms with Gasteiger partial charge in [0.2, 0.25) is 0 Å². The van der Waals surface area contributed by atoms with Gasteiger partial charge in [0.25, 0.3) is 5.91 Å². The summed E-state index contributed by atoms with van der Waals surface area (Å²) < 4.78 is 0. The summed E-state index contributed by atoms with van der Waals surface area (Å²) in [7, 11) is 0. The number of nitrogens with one attached hydrogen (secondary N) is 2. The lowest BCUT2D eigenvalue weighted by Crippen LogP contribution is -2.12. The molecule has 7 heteroatoms. The molecule has 0 radical (unpaired) electrons. The quantitative estimate of drug-likeness (QED) is 0.665. The van der Waals surface area contributed by atoms with Gasteiger partial charge in [0, 0.05) is 17.0 Å². The van der Waals surface area contributed by atoms with E-state index in [9.17, 15) is 4.79 Å². The summed E-state index contributed by atoms with van der Waals surface area (Å²) in [4.78, 5) is 16.5. The maximum Gasteiger partial charge on any atom is 0.255 e. The lowest BCUT2D eigenvalue weighted by atomic mass is 10.1. The molecule has 3 rings (SSSR count). The minimum absolute atomic E-state index is 0.167. The predicted molar refractivity (Wildman–Crippen MR) is 96.1 cm³/mol. The van der Waals surface area contributed by atoms with Crippen LogP contribution in [0.4, 0.5) is 5.69 Å². The van der Waals surface area contributed by atoms with Gasteiger partial charge in [0.15, 0.2) is 5.16 Å². The molecule has 6 nitrogen and oxygen atoms in total. The van der Waals surface area contributed by atoms with Gasteiger partial charge in [-0.2, -0.15) is 10.4 Å². The van der Waals surface area contributed by atoms with Gasteiger partial charge in [-0.15, -0.1) is 0 Å². The van der Waals surface area contributed by atoms with E-state index in [0.717, 1.165) is 16.3 Å². The second-order valence-electron chi connectivity index (χ2n) is 5.27. The van der Waals surface area contributed by atoms with Gasteiger partial charge in [-0.25, -0.2) is 4.98 Å².